The van der Waals surface area contributed by atoms with Gasteiger partial charge in [0.1, 0.15) is 5.75 Å². The van der Waals surface area contributed by atoms with Crippen LogP contribution in [0.25, 0.3) is 0 Å². The van der Waals surface area contributed by atoms with Gasteiger partial charge in [-0.2, -0.15) is 0 Å². The molecule has 0 fully saturated rings. The van der Waals surface area contributed by atoms with Crippen molar-refractivity contribution in [1.29, 1.82) is 0 Å². The topological polar surface area (TPSA) is 101 Å². The fraction of sp³-hybridized carbons (Fsp3) is 0.346. The van der Waals surface area contributed by atoms with Gasteiger partial charge in [0.15, 0.2) is 5.60 Å². The fourth-order valence-electron chi connectivity index (χ4n) is 4.44. The molecule has 1 aliphatic heterocycles. The van der Waals surface area contributed by atoms with E-state index in [9.17, 15) is 15.0 Å². The van der Waals surface area contributed by atoms with Crippen LogP contribution < -0.4 is 9.64 Å². The highest BCUT2D eigenvalue weighted by molar-refractivity contribution is 6.07. The smallest absolute Gasteiger partial charge is 0.264 e. The van der Waals surface area contributed by atoms with Crippen molar-refractivity contribution >= 4 is 11.6 Å². The van der Waals surface area contributed by atoms with Crippen molar-refractivity contribution in [3.05, 3.63) is 83.7 Å². The lowest BCUT2D eigenvalue weighted by Crippen LogP contribution is -2.43. The Balaban J connectivity index is 1.43. The molecule has 8 nitrogen and oxygen atoms in total. The third-order valence-corrected chi connectivity index (χ3v) is 6.51. The molecule has 0 radical (unpaired) electrons. The van der Waals surface area contributed by atoms with Crippen LogP contribution in [0.2, 0.25) is 0 Å². The Morgan fingerprint density at radius 3 is 2.68 bits per heavy atom. The zero-order valence-electron chi connectivity index (χ0n) is 19.6. The minimum absolute atomic E-state index is 0.0482. The number of hydrogen-bond donors (Lipinski definition) is 2. The SMILES string of the molecule is COc1ccc2c(c1)[C@](O)([C@@H](C)/C=C/CCn1cc(C(CO)c3ccccc3)nn1)C(=O)N2C. The number of aryl methyl sites for hydroxylation is 1. The molecular formula is C26H30N4O4. The molecule has 3 aromatic rings. The molecule has 0 spiro atoms. The number of nitrogens with zero attached hydrogens (tertiary/aromatic N) is 4. The predicted octanol–water partition coefficient (Wildman–Crippen LogP) is 2.86. The fourth-order valence-corrected chi connectivity index (χ4v) is 4.44. The number of benzene rings is 2. The van der Waals surface area contributed by atoms with Gasteiger partial charge in [0.25, 0.3) is 5.91 Å². The number of methoxy groups -OCH3 is 1. The first-order chi connectivity index (χ1) is 16.4. The first-order valence-corrected chi connectivity index (χ1v) is 11.3. The number of amides is 1. The molecule has 4 rings (SSSR count). The van der Waals surface area contributed by atoms with Gasteiger partial charge in [0.2, 0.25) is 0 Å². The summed E-state index contributed by atoms with van der Waals surface area (Å²) in [5.41, 5.74) is 1.28. The Morgan fingerprint density at radius 1 is 1.21 bits per heavy atom. The van der Waals surface area contributed by atoms with E-state index in [4.69, 9.17) is 4.74 Å². The Labute approximate surface area is 199 Å². The molecule has 1 unspecified atom stereocenters. The number of aliphatic hydroxyl groups is 2. The van der Waals surface area contributed by atoms with Crippen LogP contribution in [-0.2, 0) is 16.9 Å². The highest BCUT2D eigenvalue weighted by Gasteiger charge is 2.51. The monoisotopic (exact) mass is 462 g/mol. The summed E-state index contributed by atoms with van der Waals surface area (Å²) >= 11 is 0. The van der Waals surface area contributed by atoms with Crippen molar-refractivity contribution < 1.29 is 19.7 Å². The minimum atomic E-state index is -1.65. The number of anilines is 1. The van der Waals surface area contributed by atoms with Gasteiger partial charge in [-0.1, -0.05) is 54.6 Å². The summed E-state index contributed by atoms with van der Waals surface area (Å²) in [6, 6.07) is 15.0. The zero-order chi connectivity index (χ0) is 24.3. The van der Waals surface area contributed by atoms with Crippen molar-refractivity contribution in [2.24, 2.45) is 5.92 Å². The van der Waals surface area contributed by atoms with Crippen LogP contribution in [0.4, 0.5) is 5.69 Å². The largest absolute Gasteiger partial charge is 0.497 e. The van der Waals surface area contributed by atoms with Crippen LogP contribution >= 0.6 is 0 Å². The van der Waals surface area contributed by atoms with Crippen molar-refractivity contribution in [2.75, 3.05) is 25.7 Å². The molecule has 0 bridgehead atoms. The van der Waals surface area contributed by atoms with Gasteiger partial charge in [0.05, 0.1) is 31.0 Å². The number of rotatable bonds is 9. The van der Waals surface area contributed by atoms with E-state index >= 15 is 0 Å². The molecule has 1 amide bonds. The Morgan fingerprint density at radius 2 is 1.97 bits per heavy atom. The molecule has 0 aliphatic carbocycles. The molecule has 2 heterocycles. The van der Waals surface area contributed by atoms with Gasteiger partial charge in [-0.3, -0.25) is 9.48 Å². The minimum Gasteiger partial charge on any atom is -0.497 e. The molecular weight excluding hydrogens is 432 g/mol. The van der Waals surface area contributed by atoms with Crippen molar-refractivity contribution in [1.82, 2.24) is 15.0 Å². The summed E-state index contributed by atoms with van der Waals surface area (Å²) in [7, 11) is 3.22. The summed E-state index contributed by atoms with van der Waals surface area (Å²) in [5, 5.41) is 29.7. The second-order valence-corrected chi connectivity index (χ2v) is 8.57. The van der Waals surface area contributed by atoms with Gasteiger partial charge in [-0.25, -0.2) is 0 Å². The van der Waals surface area contributed by atoms with Crippen molar-refractivity contribution in [2.45, 2.75) is 31.4 Å². The van der Waals surface area contributed by atoms with Crippen LogP contribution in [0.1, 0.15) is 36.1 Å². The summed E-state index contributed by atoms with van der Waals surface area (Å²) in [6.07, 6.45) is 6.29. The standard InChI is InChI=1S/C26H30N4O4/c1-18(26(33)22-15-20(34-3)12-13-24(22)29(2)25(26)32)9-7-8-14-30-16-23(27-28-30)21(17-31)19-10-5-4-6-11-19/h4-7,9-13,15-16,18,21,31,33H,8,14,17H2,1-3H3/b9-7+/t18-,21?,26+/m0/s1. The van der Waals surface area contributed by atoms with Crippen LogP contribution in [0.15, 0.2) is 66.9 Å². The summed E-state index contributed by atoms with van der Waals surface area (Å²) in [5.74, 6) is -0.430. The van der Waals surface area contributed by atoms with E-state index < -0.39 is 11.5 Å². The van der Waals surface area contributed by atoms with E-state index in [2.05, 4.69) is 10.3 Å². The highest BCUT2D eigenvalue weighted by Crippen LogP contribution is 2.45. The highest BCUT2D eigenvalue weighted by atomic mass is 16.5. The van der Waals surface area contributed by atoms with Crippen LogP contribution in [0, 0.1) is 5.92 Å². The quantitative estimate of drug-likeness (QED) is 0.475. The van der Waals surface area contributed by atoms with Crippen LogP contribution in [0.3, 0.4) is 0 Å². The number of ether oxygens (including phenoxy) is 1. The lowest BCUT2D eigenvalue weighted by atomic mass is 9.83. The zero-order valence-corrected chi connectivity index (χ0v) is 19.6. The Hall–Kier alpha value is -3.49. The molecule has 1 aliphatic rings. The number of carbonyl (C=O) groups is 1. The lowest BCUT2D eigenvalue weighted by molar-refractivity contribution is -0.139. The maximum atomic E-state index is 12.9. The molecule has 0 saturated carbocycles. The number of aliphatic hydroxyl groups excluding tert-OH is 1. The normalized spacial score (nSPS) is 19.4. The second-order valence-electron chi connectivity index (χ2n) is 8.57. The molecule has 0 saturated heterocycles. The molecule has 2 N–H and O–H groups in total. The predicted molar refractivity (Wildman–Crippen MR) is 129 cm³/mol. The lowest BCUT2D eigenvalue weighted by Gasteiger charge is -2.27. The number of likely N-dealkylation sites (N-methyl/N-ethyl adjacent to an activating group) is 1. The van der Waals surface area contributed by atoms with E-state index in [1.807, 2.05) is 55.6 Å². The number of aromatic nitrogens is 3. The Kier molecular flexibility index (Phi) is 6.81. The van der Waals surface area contributed by atoms with E-state index in [0.29, 0.717) is 35.7 Å². The molecule has 1 aromatic heterocycles. The summed E-state index contributed by atoms with van der Waals surface area (Å²) < 4.78 is 7.03. The number of fused-ring (bicyclic) bond motifs is 1. The van der Waals surface area contributed by atoms with Crippen molar-refractivity contribution in [3.8, 4) is 5.75 Å². The van der Waals surface area contributed by atoms with Gasteiger partial charge < -0.3 is 19.8 Å². The molecule has 178 valence electrons. The maximum absolute atomic E-state index is 12.9. The molecule has 2 aromatic carbocycles. The maximum Gasteiger partial charge on any atom is 0.264 e. The third-order valence-electron chi connectivity index (χ3n) is 6.51. The van der Waals surface area contributed by atoms with Crippen molar-refractivity contribution in [3.63, 3.8) is 0 Å². The number of allylic oxidation sites excluding steroid dienone is 1. The average Bonchev–Trinajstić information content (AvgIpc) is 3.40. The van der Waals surface area contributed by atoms with Crippen LogP contribution in [0.5, 0.6) is 5.75 Å². The van der Waals surface area contributed by atoms with Gasteiger partial charge in [-0.15, -0.1) is 5.10 Å². The van der Waals surface area contributed by atoms with Gasteiger partial charge in [0, 0.05) is 31.3 Å². The van der Waals surface area contributed by atoms with E-state index in [1.54, 1.807) is 37.0 Å². The first-order valence-electron chi connectivity index (χ1n) is 11.3. The van der Waals surface area contributed by atoms with Gasteiger partial charge in [-0.05, 0) is 30.2 Å². The summed E-state index contributed by atoms with van der Waals surface area (Å²) in [4.78, 5) is 14.4. The third kappa shape index (κ3) is 4.22. The van der Waals surface area contributed by atoms with E-state index in [1.165, 1.54) is 4.90 Å². The number of hydrogen-bond acceptors (Lipinski definition) is 6. The Bertz CT molecular complexity index is 1180. The first kappa shape index (κ1) is 23.7. The molecule has 8 heteroatoms. The van der Waals surface area contributed by atoms with Crippen LogP contribution in [-0.4, -0.2) is 51.9 Å². The second kappa shape index (κ2) is 9.79. The van der Waals surface area contributed by atoms with E-state index in [0.717, 1.165) is 5.56 Å². The number of carbonyl (C=O) groups excluding carboxylic acids is 1. The molecule has 3 atom stereocenters. The molecule has 34 heavy (non-hydrogen) atoms. The average molecular weight is 463 g/mol. The van der Waals surface area contributed by atoms with E-state index in [-0.39, 0.29) is 18.4 Å². The van der Waals surface area contributed by atoms with Gasteiger partial charge >= 0.3 is 0 Å². The summed E-state index contributed by atoms with van der Waals surface area (Å²) in [6.45, 7) is 2.36.